The molecule has 3 fully saturated rings. The Kier molecular flexibility index (Phi) is 8.28. The Morgan fingerprint density at radius 3 is 1.98 bits per heavy atom. The molecule has 0 aromatic heterocycles. The van der Waals surface area contributed by atoms with Crippen LogP contribution in [0, 0.1) is 46.8 Å². The van der Waals surface area contributed by atoms with Crippen molar-refractivity contribution in [3.8, 4) is 5.75 Å². The lowest BCUT2D eigenvalue weighted by molar-refractivity contribution is -0.125. The molecule has 16 heteroatoms. The van der Waals surface area contributed by atoms with E-state index in [-0.39, 0.29) is 41.5 Å². The molecule has 2 aliphatic carbocycles. The van der Waals surface area contributed by atoms with Crippen molar-refractivity contribution in [2.45, 2.75) is 28.5 Å². The minimum absolute atomic E-state index is 0.00882. The minimum Gasteiger partial charge on any atom is -0.491 e. The molecule has 7 rings (SSSR count). The number of amides is 4. The molecule has 4 amide bonds. The number of carbonyl (C=O) groups excluding carboxylic acids is 4. The first-order valence-electron chi connectivity index (χ1n) is 15.1. The summed E-state index contributed by atoms with van der Waals surface area (Å²) in [6.45, 7) is -0.363. The second-order valence-electron chi connectivity index (χ2n) is 12.3. The zero-order chi connectivity index (χ0) is 36.0. The van der Waals surface area contributed by atoms with Crippen LogP contribution in [0.1, 0.15) is 24.3 Å². The van der Waals surface area contributed by atoms with Crippen LogP contribution in [-0.2, 0) is 19.2 Å². The fourth-order valence-corrected chi connectivity index (χ4v) is 8.77. The molecule has 0 unspecified atom stereocenters. The summed E-state index contributed by atoms with van der Waals surface area (Å²) >= 11 is 20.3. The van der Waals surface area contributed by atoms with Gasteiger partial charge in [0.05, 0.1) is 24.1 Å². The average Bonchev–Trinajstić information content (AvgIpc) is 3.44. The number of nitrogens with zero attached hydrogens (tertiary/aromatic N) is 2. The molecule has 0 spiro atoms. The molecule has 2 aliphatic heterocycles. The van der Waals surface area contributed by atoms with Crippen LogP contribution in [-0.4, -0.2) is 51.7 Å². The van der Waals surface area contributed by atoms with Crippen molar-refractivity contribution in [2.75, 3.05) is 23.0 Å². The van der Waals surface area contributed by atoms with E-state index in [1.807, 2.05) is 0 Å². The SMILES string of the molecule is O=C1[C@H]2[C@H](CC=C3[C@H]2C[C@@]2(Cl)C(=O)N(c4c(F)c(F)c(F)c(F)c4F)C(=O)[C@@]2(Cl)[C@H]3c2ccc(OCCO)cc2)C(=O)N1c1ccc(Cl)cc1. The van der Waals surface area contributed by atoms with Crippen molar-refractivity contribution in [1.82, 2.24) is 0 Å². The van der Waals surface area contributed by atoms with Crippen molar-refractivity contribution in [2.24, 2.45) is 17.8 Å². The summed E-state index contributed by atoms with van der Waals surface area (Å²) in [5, 5.41) is 9.49. The van der Waals surface area contributed by atoms with Gasteiger partial charge in [-0.25, -0.2) is 26.9 Å². The van der Waals surface area contributed by atoms with Crippen molar-refractivity contribution in [3.05, 3.63) is 99.9 Å². The summed E-state index contributed by atoms with van der Waals surface area (Å²) in [5.41, 5.74) is -1.11. The van der Waals surface area contributed by atoms with Gasteiger partial charge in [-0.2, -0.15) is 0 Å². The largest absolute Gasteiger partial charge is 0.491 e. The summed E-state index contributed by atoms with van der Waals surface area (Å²) in [4.78, 5) is 51.9. The predicted octanol–water partition coefficient (Wildman–Crippen LogP) is 6.17. The Morgan fingerprint density at radius 1 is 0.780 bits per heavy atom. The number of fused-ring (bicyclic) bond motifs is 4. The van der Waals surface area contributed by atoms with E-state index >= 15 is 8.78 Å². The Labute approximate surface area is 294 Å². The molecule has 6 atom stereocenters. The van der Waals surface area contributed by atoms with Crippen LogP contribution in [0.3, 0.4) is 0 Å². The molecule has 4 aliphatic rings. The fraction of sp³-hybridized carbons (Fsp3) is 0.294. The summed E-state index contributed by atoms with van der Waals surface area (Å²) in [5.74, 6) is -20.9. The van der Waals surface area contributed by atoms with Gasteiger partial charge in [-0.05, 0) is 60.7 Å². The predicted molar refractivity (Wildman–Crippen MR) is 169 cm³/mol. The summed E-state index contributed by atoms with van der Waals surface area (Å²) < 4.78 is 78.7. The van der Waals surface area contributed by atoms with Gasteiger partial charge in [0, 0.05) is 10.9 Å². The maximum Gasteiger partial charge on any atom is 0.258 e. The number of carbonyl (C=O) groups is 4. The van der Waals surface area contributed by atoms with E-state index in [1.54, 1.807) is 6.08 Å². The van der Waals surface area contributed by atoms with Gasteiger partial charge >= 0.3 is 0 Å². The lowest BCUT2D eigenvalue weighted by Gasteiger charge is -2.50. The molecule has 3 aromatic rings. The lowest BCUT2D eigenvalue weighted by atomic mass is 9.56. The maximum atomic E-state index is 15.2. The van der Waals surface area contributed by atoms with Crippen LogP contribution in [0.5, 0.6) is 5.75 Å². The number of aliphatic hydroxyl groups is 1. The summed E-state index contributed by atoms with van der Waals surface area (Å²) in [6.07, 6.45) is 0.969. The Bertz CT molecular complexity index is 2000. The van der Waals surface area contributed by atoms with Gasteiger partial charge in [-0.1, -0.05) is 35.4 Å². The van der Waals surface area contributed by atoms with E-state index in [9.17, 15) is 32.3 Å². The van der Waals surface area contributed by atoms with Gasteiger partial charge in [0.25, 0.3) is 11.8 Å². The van der Waals surface area contributed by atoms with Crippen molar-refractivity contribution < 1.29 is 51.0 Å². The van der Waals surface area contributed by atoms with Crippen LogP contribution in [0.2, 0.25) is 5.02 Å². The van der Waals surface area contributed by atoms with Crippen LogP contribution in [0.4, 0.5) is 33.3 Å². The highest BCUT2D eigenvalue weighted by Crippen LogP contribution is 2.66. The molecule has 1 N–H and O–H groups in total. The van der Waals surface area contributed by atoms with E-state index in [1.165, 1.54) is 48.5 Å². The molecule has 0 radical (unpaired) electrons. The molecule has 1 saturated carbocycles. The normalized spacial score (nSPS) is 28.9. The number of alkyl halides is 2. The molecule has 260 valence electrons. The zero-order valence-corrected chi connectivity index (χ0v) is 27.5. The highest BCUT2D eigenvalue weighted by Gasteiger charge is 2.77. The molecule has 50 heavy (non-hydrogen) atoms. The Morgan fingerprint density at radius 2 is 1.38 bits per heavy atom. The van der Waals surface area contributed by atoms with Crippen molar-refractivity contribution in [1.29, 1.82) is 0 Å². The maximum absolute atomic E-state index is 15.2. The third kappa shape index (κ3) is 4.59. The van der Waals surface area contributed by atoms with E-state index in [2.05, 4.69) is 0 Å². The number of rotatable bonds is 6. The number of ether oxygens (including phenoxy) is 1. The molecular weight excluding hydrogens is 734 g/mol. The monoisotopic (exact) mass is 754 g/mol. The van der Waals surface area contributed by atoms with Gasteiger partial charge < -0.3 is 9.84 Å². The molecular formula is C34H22Cl3F5N2O6. The van der Waals surface area contributed by atoms with Gasteiger partial charge in [0.1, 0.15) is 18.0 Å². The number of imide groups is 2. The number of allylic oxidation sites excluding steroid dienone is 2. The molecule has 3 aromatic carbocycles. The first kappa shape index (κ1) is 34.4. The highest BCUT2D eigenvalue weighted by molar-refractivity contribution is 6.58. The summed E-state index contributed by atoms with van der Waals surface area (Å²) in [6, 6.07) is 11.7. The number of aliphatic hydroxyl groups excluding tert-OH is 1. The standard InChI is InChI=1S/C34H22Cl3F5N2O6/c35-15-3-5-16(6-4-15)43-29(46)19-10-9-18-20(21(19)30(43)47)13-33(36)31(48)44(28-26(41)24(39)23(38)25(40)27(28)42)32(49)34(33,37)22(18)14-1-7-17(8-2-14)50-12-11-45/h1-9,19-22,45H,10-13H2/t19-,20+,21-,22-,33+,34-/m0/s1. The van der Waals surface area contributed by atoms with Crippen molar-refractivity contribution in [3.63, 3.8) is 0 Å². The summed E-state index contributed by atoms with van der Waals surface area (Å²) in [7, 11) is 0. The second-order valence-corrected chi connectivity index (χ2v) is 14.0. The van der Waals surface area contributed by atoms with E-state index in [0.29, 0.717) is 10.6 Å². The lowest BCUT2D eigenvalue weighted by Crippen LogP contribution is -2.60. The third-order valence-electron chi connectivity index (χ3n) is 9.88. The fourth-order valence-electron chi connectivity index (χ4n) is 7.71. The number of hydrogen-bond acceptors (Lipinski definition) is 6. The first-order chi connectivity index (χ1) is 23.7. The number of benzene rings is 3. The van der Waals surface area contributed by atoms with Gasteiger partial charge in [0.15, 0.2) is 33.0 Å². The molecule has 8 nitrogen and oxygen atoms in total. The van der Waals surface area contributed by atoms with Gasteiger partial charge in [-0.3, -0.25) is 24.1 Å². The third-order valence-corrected chi connectivity index (χ3v) is 11.5. The van der Waals surface area contributed by atoms with Crippen molar-refractivity contribution >= 4 is 69.8 Å². The first-order valence-corrected chi connectivity index (χ1v) is 16.3. The number of hydrogen-bond donors (Lipinski definition) is 1. The van der Waals surface area contributed by atoms with Gasteiger partial charge in [0.2, 0.25) is 17.6 Å². The molecule has 2 heterocycles. The molecule has 0 bridgehead atoms. The Hall–Kier alpha value is -4.04. The minimum atomic E-state index is -2.64. The van der Waals surface area contributed by atoms with E-state index in [4.69, 9.17) is 44.6 Å². The van der Waals surface area contributed by atoms with E-state index < -0.39 is 98.2 Å². The van der Waals surface area contributed by atoms with Crippen LogP contribution in [0.25, 0.3) is 0 Å². The second kappa shape index (κ2) is 12.0. The quantitative estimate of drug-likeness (QED) is 0.0806. The highest BCUT2D eigenvalue weighted by atomic mass is 35.5. The smallest absolute Gasteiger partial charge is 0.258 e. The van der Waals surface area contributed by atoms with Crippen LogP contribution in [0.15, 0.2) is 60.2 Å². The Balaban J connectivity index is 1.40. The van der Waals surface area contributed by atoms with Crippen LogP contribution >= 0.6 is 34.8 Å². The van der Waals surface area contributed by atoms with E-state index in [0.717, 1.165) is 4.90 Å². The number of anilines is 2. The van der Waals surface area contributed by atoms with Crippen LogP contribution < -0.4 is 14.5 Å². The number of halogens is 8. The topological polar surface area (TPSA) is 104 Å². The van der Waals surface area contributed by atoms with Gasteiger partial charge in [-0.15, -0.1) is 23.2 Å². The zero-order valence-electron chi connectivity index (χ0n) is 25.2. The average molecular weight is 756 g/mol. The molecule has 2 saturated heterocycles.